The molecule has 1 rings (SSSR count). The van der Waals surface area contributed by atoms with Crippen LogP contribution in [0.15, 0.2) is 0 Å². The number of hydrogen-bond acceptors (Lipinski definition) is 5. The van der Waals surface area contributed by atoms with Crippen LogP contribution in [0.1, 0.15) is 51.9 Å². The Morgan fingerprint density at radius 1 is 1.05 bits per heavy atom. The summed E-state index contributed by atoms with van der Waals surface area (Å²) < 4.78 is 5.55. The van der Waals surface area contributed by atoms with Crippen molar-refractivity contribution in [2.75, 3.05) is 30.3 Å². The zero-order valence-electron chi connectivity index (χ0n) is 14.1. The predicted molar refractivity (Wildman–Crippen MR) is 89.1 cm³/mol. The van der Waals surface area contributed by atoms with Gasteiger partial charge in [-0.05, 0) is 33.6 Å². The lowest BCUT2D eigenvalue weighted by atomic mass is 10.2. The van der Waals surface area contributed by atoms with Gasteiger partial charge in [0.25, 0.3) is 0 Å². The molecule has 5 heteroatoms. The van der Waals surface area contributed by atoms with Gasteiger partial charge >= 0.3 is 0 Å². The van der Waals surface area contributed by atoms with Gasteiger partial charge in [0.2, 0.25) is 0 Å². The van der Waals surface area contributed by atoms with E-state index in [-0.39, 0.29) is 6.10 Å². The number of rotatable bonds is 10. The van der Waals surface area contributed by atoms with E-state index in [1.165, 1.54) is 0 Å². The summed E-state index contributed by atoms with van der Waals surface area (Å²) in [6.45, 7) is 12.8. The first-order chi connectivity index (χ1) is 10.1. The Hall–Kier alpha value is -1.36. The number of aromatic nitrogens is 2. The van der Waals surface area contributed by atoms with Crippen molar-refractivity contribution < 1.29 is 4.74 Å². The Morgan fingerprint density at radius 2 is 1.71 bits per heavy atom. The summed E-state index contributed by atoms with van der Waals surface area (Å²) >= 11 is 0. The second kappa shape index (κ2) is 9.55. The lowest BCUT2D eigenvalue weighted by Crippen LogP contribution is -2.21. The molecule has 0 aliphatic carbocycles. The maximum atomic E-state index is 5.55. The number of nitrogens with one attached hydrogen (secondary N) is 2. The first-order valence-electron chi connectivity index (χ1n) is 8.09. The molecule has 0 aromatic carbocycles. The predicted octanol–water partition coefficient (Wildman–Crippen LogP) is 3.40. The van der Waals surface area contributed by atoms with Crippen molar-refractivity contribution in [2.24, 2.45) is 0 Å². The minimum absolute atomic E-state index is 0.172. The second-order valence-electron chi connectivity index (χ2n) is 5.29. The highest BCUT2D eigenvalue weighted by Crippen LogP contribution is 2.20. The van der Waals surface area contributed by atoms with E-state index in [2.05, 4.69) is 48.3 Å². The summed E-state index contributed by atoms with van der Waals surface area (Å²) in [5, 5.41) is 6.79. The van der Waals surface area contributed by atoms with Crippen LogP contribution in [-0.2, 0) is 11.2 Å². The van der Waals surface area contributed by atoms with Crippen molar-refractivity contribution in [3.05, 3.63) is 11.4 Å². The van der Waals surface area contributed by atoms with Gasteiger partial charge in [-0.2, -0.15) is 0 Å². The van der Waals surface area contributed by atoms with E-state index in [4.69, 9.17) is 4.74 Å². The van der Waals surface area contributed by atoms with Crippen LogP contribution in [0.4, 0.5) is 11.6 Å². The van der Waals surface area contributed by atoms with Gasteiger partial charge in [-0.1, -0.05) is 13.8 Å². The van der Waals surface area contributed by atoms with E-state index in [0.29, 0.717) is 0 Å². The summed E-state index contributed by atoms with van der Waals surface area (Å²) in [5.74, 6) is 2.76. The fourth-order valence-corrected chi connectivity index (χ4v) is 2.07. The number of anilines is 2. The molecular formula is C16H30N4O. The molecule has 0 bridgehead atoms. The average molecular weight is 294 g/mol. The highest BCUT2D eigenvalue weighted by Gasteiger charge is 2.11. The van der Waals surface area contributed by atoms with E-state index in [1.807, 2.05) is 6.92 Å². The van der Waals surface area contributed by atoms with Gasteiger partial charge in [-0.15, -0.1) is 0 Å². The van der Waals surface area contributed by atoms with Gasteiger partial charge in [0.1, 0.15) is 17.5 Å². The zero-order valence-corrected chi connectivity index (χ0v) is 14.1. The van der Waals surface area contributed by atoms with Crippen LogP contribution in [0, 0.1) is 6.92 Å². The van der Waals surface area contributed by atoms with Gasteiger partial charge in [-0.3, -0.25) is 0 Å². The summed E-state index contributed by atoms with van der Waals surface area (Å²) in [6.07, 6.45) is 3.20. The van der Waals surface area contributed by atoms with Crippen molar-refractivity contribution in [3.8, 4) is 0 Å². The minimum atomic E-state index is 0.172. The molecule has 0 aliphatic heterocycles. The van der Waals surface area contributed by atoms with E-state index in [1.54, 1.807) is 0 Å². The number of hydrogen-bond donors (Lipinski definition) is 2. The van der Waals surface area contributed by atoms with Crippen molar-refractivity contribution in [1.82, 2.24) is 9.97 Å². The molecule has 2 N–H and O–H groups in total. The highest BCUT2D eigenvalue weighted by atomic mass is 16.5. The van der Waals surface area contributed by atoms with Crippen LogP contribution < -0.4 is 10.6 Å². The zero-order chi connectivity index (χ0) is 15.7. The normalized spacial score (nSPS) is 12.2. The quantitative estimate of drug-likeness (QED) is 0.692. The maximum Gasteiger partial charge on any atom is 0.134 e. The molecule has 1 aromatic rings. The van der Waals surface area contributed by atoms with Gasteiger partial charge in [0.05, 0.1) is 6.10 Å². The summed E-state index contributed by atoms with van der Waals surface area (Å²) in [7, 11) is 0. The largest absolute Gasteiger partial charge is 0.377 e. The molecule has 0 aliphatic rings. The third-order valence-corrected chi connectivity index (χ3v) is 3.22. The Balaban J connectivity index is 2.86. The lowest BCUT2D eigenvalue weighted by Gasteiger charge is -2.17. The van der Waals surface area contributed by atoms with Crippen molar-refractivity contribution >= 4 is 11.6 Å². The standard InChI is InChI=1S/C16H30N4O/c1-6-9-14-19-15(17-10-7-2)13(5)16(20-14)18-11-12(4)21-8-3/h12H,6-11H2,1-5H3,(H2,17,18,19,20). The Bertz CT molecular complexity index is 423. The Morgan fingerprint density at radius 3 is 2.29 bits per heavy atom. The lowest BCUT2D eigenvalue weighted by molar-refractivity contribution is 0.0854. The van der Waals surface area contributed by atoms with Gasteiger partial charge in [-0.25, -0.2) is 9.97 Å². The fourth-order valence-electron chi connectivity index (χ4n) is 2.07. The molecule has 0 fully saturated rings. The monoisotopic (exact) mass is 294 g/mol. The molecule has 120 valence electrons. The molecule has 1 unspecified atom stereocenters. The highest BCUT2D eigenvalue weighted by molar-refractivity contribution is 5.57. The van der Waals surface area contributed by atoms with E-state index >= 15 is 0 Å². The van der Waals surface area contributed by atoms with Crippen molar-refractivity contribution in [3.63, 3.8) is 0 Å². The molecule has 0 radical (unpaired) electrons. The van der Waals surface area contributed by atoms with Crippen LogP contribution >= 0.6 is 0 Å². The molecule has 1 aromatic heterocycles. The first kappa shape index (κ1) is 17.7. The molecule has 1 heterocycles. The summed E-state index contributed by atoms with van der Waals surface area (Å²) in [4.78, 5) is 9.28. The second-order valence-corrected chi connectivity index (χ2v) is 5.29. The van der Waals surface area contributed by atoms with Crippen LogP contribution in [0.5, 0.6) is 0 Å². The fraction of sp³-hybridized carbons (Fsp3) is 0.750. The van der Waals surface area contributed by atoms with Gasteiger partial charge in [0.15, 0.2) is 0 Å². The minimum Gasteiger partial charge on any atom is -0.377 e. The molecule has 1 atom stereocenters. The van der Waals surface area contributed by atoms with Crippen LogP contribution in [-0.4, -0.2) is 35.8 Å². The summed E-state index contributed by atoms with van der Waals surface area (Å²) in [6, 6.07) is 0. The summed E-state index contributed by atoms with van der Waals surface area (Å²) in [5.41, 5.74) is 1.08. The van der Waals surface area contributed by atoms with E-state index < -0.39 is 0 Å². The third kappa shape index (κ3) is 5.87. The molecule has 21 heavy (non-hydrogen) atoms. The van der Waals surface area contributed by atoms with Crippen LogP contribution in [0.3, 0.4) is 0 Å². The Kier molecular flexibility index (Phi) is 8.05. The third-order valence-electron chi connectivity index (χ3n) is 3.22. The first-order valence-corrected chi connectivity index (χ1v) is 8.09. The topological polar surface area (TPSA) is 59.1 Å². The van der Waals surface area contributed by atoms with Crippen LogP contribution in [0.2, 0.25) is 0 Å². The number of ether oxygens (including phenoxy) is 1. The smallest absolute Gasteiger partial charge is 0.134 e. The SMILES string of the molecule is CCCNc1nc(CCC)nc(NCC(C)OCC)c1C. The Labute approximate surface area is 128 Å². The van der Waals surface area contributed by atoms with Crippen molar-refractivity contribution in [2.45, 2.75) is 60.0 Å². The van der Waals surface area contributed by atoms with Gasteiger partial charge < -0.3 is 15.4 Å². The molecule has 5 nitrogen and oxygen atoms in total. The van der Waals surface area contributed by atoms with E-state index in [9.17, 15) is 0 Å². The van der Waals surface area contributed by atoms with Gasteiger partial charge in [0, 0.05) is 31.7 Å². The number of aryl methyl sites for hydroxylation is 1. The van der Waals surface area contributed by atoms with Crippen molar-refractivity contribution in [1.29, 1.82) is 0 Å². The average Bonchev–Trinajstić information content (AvgIpc) is 2.46. The molecule has 0 saturated heterocycles. The van der Waals surface area contributed by atoms with E-state index in [0.717, 1.165) is 62.0 Å². The maximum absolute atomic E-state index is 5.55. The van der Waals surface area contributed by atoms with Crippen LogP contribution in [0.25, 0.3) is 0 Å². The molecular weight excluding hydrogens is 264 g/mol. The molecule has 0 saturated carbocycles. The molecule has 0 amide bonds. The molecule has 0 spiro atoms. The number of nitrogens with zero attached hydrogens (tertiary/aromatic N) is 2.